The van der Waals surface area contributed by atoms with E-state index in [2.05, 4.69) is 31.2 Å². The van der Waals surface area contributed by atoms with Gasteiger partial charge in [0.05, 0.1) is 17.9 Å². The standard InChI is InChI=1S/C20H27NO3/c1-3-24-18(22)16-9-13-21(14-10-16)19(23)20(11-4-12-20)17-7-5-15(2)6-8-17/h5-8,16H,3-4,9-14H2,1-2H3. The van der Waals surface area contributed by atoms with Crippen molar-refractivity contribution in [2.24, 2.45) is 5.92 Å². The van der Waals surface area contributed by atoms with Gasteiger partial charge < -0.3 is 9.64 Å². The minimum absolute atomic E-state index is 0.0503. The number of likely N-dealkylation sites (tertiary alicyclic amines) is 1. The van der Waals surface area contributed by atoms with E-state index in [1.54, 1.807) is 0 Å². The van der Waals surface area contributed by atoms with Crippen molar-refractivity contribution in [1.82, 2.24) is 4.90 Å². The first-order valence-electron chi connectivity index (χ1n) is 9.10. The van der Waals surface area contributed by atoms with E-state index in [-0.39, 0.29) is 23.2 Å². The van der Waals surface area contributed by atoms with Crippen LogP contribution in [0.1, 0.15) is 50.2 Å². The molecule has 0 atom stereocenters. The van der Waals surface area contributed by atoms with E-state index < -0.39 is 0 Å². The van der Waals surface area contributed by atoms with Crippen LogP contribution >= 0.6 is 0 Å². The lowest BCUT2D eigenvalue weighted by Gasteiger charge is -2.45. The fourth-order valence-electron chi connectivity index (χ4n) is 3.91. The summed E-state index contributed by atoms with van der Waals surface area (Å²) in [5.41, 5.74) is 2.04. The topological polar surface area (TPSA) is 46.6 Å². The summed E-state index contributed by atoms with van der Waals surface area (Å²) >= 11 is 0. The van der Waals surface area contributed by atoms with Crippen molar-refractivity contribution in [3.05, 3.63) is 35.4 Å². The van der Waals surface area contributed by atoms with E-state index in [0.29, 0.717) is 32.5 Å². The Hall–Kier alpha value is -1.84. The van der Waals surface area contributed by atoms with Gasteiger partial charge in [-0.1, -0.05) is 36.2 Å². The molecule has 1 heterocycles. The number of aryl methyl sites for hydroxylation is 1. The second-order valence-corrected chi connectivity index (χ2v) is 7.12. The van der Waals surface area contributed by atoms with Gasteiger partial charge in [-0.2, -0.15) is 0 Å². The van der Waals surface area contributed by atoms with Gasteiger partial charge in [-0.15, -0.1) is 0 Å². The van der Waals surface area contributed by atoms with Crippen LogP contribution in [0.15, 0.2) is 24.3 Å². The number of piperidine rings is 1. The van der Waals surface area contributed by atoms with Crippen LogP contribution in [-0.4, -0.2) is 36.5 Å². The molecule has 1 aliphatic heterocycles. The maximum Gasteiger partial charge on any atom is 0.309 e. The summed E-state index contributed by atoms with van der Waals surface area (Å²) < 4.78 is 5.11. The Balaban J connectivity index is 1.68. The summed E-state index contributed by atoms with van der Waals surface area (Å²) in [7, 11) is 0. The summed E-state index contributed by atoms with van der Waals surface area (Å²) in [6, 6.07) is 8.40. The SMILES string of the molecule is CCOC(=O)C1CCN(C(=O)C2(c3ccc(C)cc3)CCC2)CC1. The van der Waals surface area contributed by atoms with Crippen LogP contribution in [-0.2, 0) is 19.7 Å². The van der Waals surface area contributed by atoms with E-state index in [9.17, 15) is 9.59 Å². The van der Waals surface area contributed by atoms with Crippen molar-refractivity contribution in [2.75, 3.05) is 19.7 Å². The fourth-order valence-corrected chi connectivity index (χ4v) is 3.91. The first kappa shape index (κ1) is 17.0. The number of benzene rings is 1. The summed E-state index contributed by atoms with van der Waals surface area (Å²) in [5, 5.41) is 0. The summed E-state index contributed by atoms with van der Waals surface area (Å²) in [6.45, 7) is 5.65. The van der Waals surface area contributed by atoms with E-state index >= 15 is 0 Å². The minimum atomic E-state index is -0.329. The molecule has 1 aromatic rings. The van der Waals surface area contributed by atoms with Crippen LogP contribution in [0.5, 0.6) is 0 Å². The molecule has 24 heavy (non-hydrogen) atoms. The summed E-state index contributed by atoms with van der Waals surface area (Å²) in [5.74, 6) is 0.0899. The molecule has 0 radical (unpaired) electrons. The Kier molecular flexibility index (Phi) is 4.93. The number of esters is 1. The van der Waals surface area contributed by atoms with Gasteiger partial charge in [-0.3, -0.25) is 9.59 Å². The Morgan fingerprint density at radius 2 is 1.79 bits per heavy atom. The minimum Gasteiger partial charge on any atom is -0.466 e. The van der Waals surface area contributed by atoms with E-state index in [0.717, 1.165) is 24.8 Å². The molecule has 0 aromatic heterocycles. The molecule has 2 aliphatic rings. The number of nitrogens with zero attached hydrogens (tertiary/aromatic N) is 1. The van der Waals surface area contributed by atoms with Gasteiger partial charge in [-0.25, -0.2) is 0 Å². The Labute approximate surface area is 144 Å². The van der Waals surface area contributed by atoms with Crippen molar-refractivity contribution >= 4 is 11.9 Å². The van der Waals surface area contributed by atoms with E-state index in [4.69, 9.17) is 4.74 Å². The quantitative estimate of drug-likeness (QED) is 0.797. The molecule has 1 aromatic carbocycles. The number of carbonyl (C=O) groups is 2. The van der Waals surface area contributed by atoms with Crippen molar-refractivity contribution in [3.63, 3.8) is 0 Å². The van der Waals surface area contributed by atoms with Crippen molar-refractivity contribution in [3.8, 4) is 0 Å². The molecule has 3 rings (SSSR count). The molecule has 2 fully saturated rings. The van der Waals surface area contributed by atoms with Crippen LogP contribution < -0.4 is 0 Å². The highest BCUT2D eigenvalue weighted by Gasteiger charge is 2.48. The predicted molar refractivity (Wildman–Crippen MR) is 92.6 cm³/mol. The predicted octanol–water partition coefficient (Wildman–Crippen LogP) is 3.22. The van der Waals surface area contributed by atoms with Gasteiger partial charge >= 0.3 is 5.97 Å². The normalized spacial score (nSPS) is 20.3. The van der Waals surface area contributed by atoms with Crippen molar-refractivity contribution < 1.29 is 14.3 Å². The van der Waals surface area contributed by atoms with Crippen LogP contribution in [0.3, 0.4) is 0 Å². The second kappa shape index (κ2) is 6.96. The number of hydrogen-bond donors (Lipinski definition) is 0. The van der Waals surface area contributed by atoms with Gasteiger partial charge in [0.1, 0.15) is 0 Å². The summed E-state index contributed by atoms with van der Waals surface area (Å²) in [6.07, 6.45) is 4.42. The first-order valence-corrected chi connectivity index (χ1v) is 9.10. The van der Waals surface area contributed by atoms with Crippen LogP contribution in [0, 0.1) is 12.8 Å². The highest BCUT2D eigenvalue weighted by Crippen LogP contribution is 2.45. The maximum atomic E-state index is 13.2. The third-order valence-electron chi connectivity index (χ3n) is 5.62. The lowest BCUT2D eigenvalue weighted by atomic mass is 9.63. The third-order valence-corrected chi connectivity index (χ3v) is 5.62. The Morgan fingerprint density at radius 3 is 2.29 bits per heavy atom. The molecule has 1 saturated heterocycles. The Morgan fingerprint density at radius 1 is 1.17 bits per heavy atom. The number of hydrogen-bond acceptors (Lipinski definition) is 3. The molecular formula is C20H27NO3. The van der Waals surface area contributed by atoms with Crippen molar-refractivity contribution in [2.45, 2.75) is 51.4 Å². The molecule has 0 bridgehead atoms. The maximum absolute atomic E-state index is 13.2. The van der Waals surface area contributed by atoms with Gasteiger partial charge in [0.15, 0.2) is 0 Å². The zero-order valence-electron chi connectivity index (χ0n) is 14.7. The summed E-state index contributed by atoms with van der Waals surface area (Å²) in [4.78, 5) is 27.0. The molecule has 0 N–H and O–H groups in total. The average Bonchev–Trinajstić information content (AvgIpc) is 2.56. The Bertz CT molecular complexity index is 596. The largest absolute Gasteiger partial charge is 0.466 e. The molecule has 0 unspecified atom stereocenters. The molecule has 4 heteroatoms. The van der Waals surface area contributed by atoms with Crippen molar-refractivity contribution in [1.29, 1.82) is 0 Å². The zero-order valence-corrected chi connectivity index (χ0v) is 14.7. The number of ether oxygens (including phenoxy) is 1. The van der Waals surface area contributed by atoms with Gasteiger partial charge in [0.2, 0.25) is 5.91 Å². The lowest BCUT2D eigenvalue weighted by molar-refractivity contribution is -0.153. The van der Waals surface area contributed by atoms with Crippen LogP contribution in [0.25, 0.3) is 0 Å². The molecule has 4 nitrogen and oxygen atoms in total. The second-order valence-electron chi connectivity index (χ2n) is 7.12. The smallest absolute Gasteiger partial charge is 0.309 e. The highest BCUT2D eigenvalue weighted by atomic mass is 16.5. The number of carbonyl (C=O) groups excluding carboxylic acids is 2. The molecule has 130 valence electrons. The van der Waals surface area contributed by atoms with Crippen LogP contribution in [0.4, 0.5) is 0 Å². The van der Waals surface area contributed by atoms with Gasteiger partial charge in [0.25, 0.3) is 0 Å². The number of rotatable bonds is 4. The molecule has 0 spiro atoms. The first-order chi connectivity index (χ1) is 11.6. The van der Waals surface area contributed by atoms with E-state index in [1.807, 2.05) is 11.8 Å². The molecule has 1 saturated carbocycles. The van der Waals surface area contributed by atoms with Gasteiger partial charge in [-0.05, 0) is 45.1 Å². The van der Waals surface area contributed by atoms with E-state index in [1.165, 1.54) is 5.56 Å². The molecule has 1 aliphatic carbocycles. The lowest BCUT2D eigenvalue weighted by Crippen LogP contribution is -2.53. The zero-order chi connectivity index (χ0) is 17.2. The fraction of sp³-hybridized carbons (Fsp3) is 0.600. The van der Waals surface area contributed by atoms with Crippen LogP contribution in [0.2, 0.25) is 0 Å². The average molecular weight is 329 g/mol. The third kappa shape index (κ3) is 3.06. The number of amides is 1. The van der Waals surface area contributed by atoms with Gasteiger partial charge in [0, 0.05) is 13.1 Å². The molecule has 1 amide bonds. The monoisotopic (exact) mass is 329 g/mol. The highest BCUT2D eigenvalue weighted by molar-refractivity contribution is 5.89. The molecular weight excluding hydrogens is 302 g/mol.